The summed E-state index contributed by atoms with van der Waals surface area (Å²) in [5.41, 5.74) is 6.46. The number of halogens is 1. The van der Waals surface area contributed by atoms with Gasteiger partial charge < -0.3 is 14.9 Å². The summed E-state index contributed by atoms with van der Waals surface area (Å²) in [6.45, 7) is 0.258. The first-order valence-electron chi connectivity index (χ1n) is 5.20. The van der Waals surface area contributed by atoms with E-state index >= 15 is 0 Å². The average Bonchev–Trinajstić information content (AvgIpc) is 2.84. The van der Waals surface area contributed by atoms with Crippen LogP contribution in [0.15, 0.2) is 32.3 Å². The van der Waals surface area contributed by atoms with Crippen molar-refractivity contribution >= 4 is 27.7 Å². The monoisotopic (exact) mass is 329 g/mol. The van der Waals surface area contributed by atoms with Crippen LogP contribution in [0.4, 0.5) is 0 Å². The van der Waals surface area contributed by atoms with E-state index in [1.807, 2.05) is 18.2 Å². The van der Waals surface area contributed by atoms with Crippen molar-refractivity contribution in [2.24, 2.45) is 5.73 Å². The summed E-state index contributed by atoms with van der Waals surface area (Å²) in [7, 11) is 1.65. The van der Waals surface area contributed by atoms with Crippen LogP contribution in [0.5, 0.6) is 5.75 Å². The average molecular weight is 330 g/mol. The van der Waals surface area contributed by atoms with Crippen molar-refractivity contribution in [1.82, 2.24) is 10.2 Å². The van der Waals surface area contributed by atoms with Crippen LogP contribution in [0.3, 0.4) is 0 Å². The van der Waals surface area contributed by atoms with Crippen LogP contribution in [0.1, 0.15) is 11.5 Å². The number of ether oxygens (including phenoxy) is 1. The zero-order valence-electron chi connectivity index (χ0n) is 9.72. The molecule has 96 valence electrons. The van der Waals surface area contributed by atoms with E-state index in [1.165, 1.54) is 11.8 Å². The molecule has 0 saturated carbocycles. The summed E-state index contributed by atoms with van der Waals surface area (Å²) in [5, 5.41) is 8.21. The van der Waals surface area contributed by atoms with E-state index in [1.54, 1.807) is 7.11 Å². The normalized spacial score (nSPS) is 10.6. The maximum absolute atomic E-state index is 5.40. The highest BCUT2D eigenvalue weighted by Gasteiger charge is 2.09. The van der Waals surface area contributed by atoms with Crippen LogP contribution in [0.25, 0.3) is 0 Å². The number of hydrogen-bond donors (Lipinski definition) is 1. The van der Waals surface area contributed by atoms with E-state index in [0.717, 1.165) is 15.8 Å². The summed E-state index contributed by atoms with van der Waals surface area (Å²) < 4.78 is 11.6. The number of nitrogens with two attached hydrogens (primary N) is 1. The van der Waals surface area contributed by atoms with Gasteiger partial charge >= 0.3 is 0 Å². The van der Waals surface area contributed by atoms with Crippen molar-refractivity contribution in [2.75, 3.05) is 7.11 Å². The lowest BCUT2D eigenvalue weighted by Gasteiger charge is -2.07. The van der Waals surface area contributed by atoms with Gasteiger partial charge in [0.2, 0.25) is 5.89 Å². The van der Waals surface area contributed by atoms with E-state index in [9.17, 15) is 0 Å². The Morgan fingerprint density at radius 2 is 2.28 bits per heavy atom. The molecule has 2 aromatic rings. The number of thioether (sulfide) groups is 1. The molecule has 0 saturated heterocycles. The Labute approximate surface area is 117 Å². The minimum absolute atomic E-state index is 0.258. The van der Waals surface area contributed by atoms with Gasteiger partial charge in [-0.25, -0.2) is 0 Å². The molecule has 0 fully saturated rings. The Morgan fingerprint density at radius 1 is 1.44 bits per heavy atom. The van der Waals surface area contributed by atoms with Gasteiger partial charge in [-0.05, 0) is 18.2 Å². The first kappa shape index (κ1) is 13.4. The van der Waals surface area contributed by atoms with Crippen molar-refractivity contribution in [3.8, 4) is 5.75 Å². The second kappa shape index (κ2) is 6.21. The fourth-order valence-electron chi connectivity index (χ4n) is 1.38. The third-order valence-corrected chi connectivity index (χ3v) is 3.58. The molecule has 5 nitrogen and oxygen atoms in total. The van der Waals surface area contributed by atoms with Crippen LogP contribution in [-0.2, 0) is 12.3 Å². The van der Waals surface area contributed by atoms with E-state index in [0.29, 0.717) is 16.9 Å². The highest BCUT2D eigenvalue weighted by Crippen LogP contribution is 2.29. The van der Waals surface area contributed by atoms with Crippen LogP contribution in [-0.4, -0.2) is 17.3 Å². The first-order valence-corrected chi connectivity index (χ1v) is 6.98. The van der Waals surface area contributed by atoms with Crippen LogP contribution < -0.4 is 10.5 Å². The second-order valence-corrected chi connectivity index (χ2v) is 5.25. The fourth-order valence-corrected chi connectivity index (χ4v) is 2.55. The molecular weight excluding hydrogens is 318 g/mol. The topological polar surface area (TPSA) is 74.2 Å². The number of benzene rings is 1. The highest BCUT2D eigenvalue weighted by atomic mass is 79.9. The molecular formula is C11H12BrN3O2S. The summed E-state index contributed by atoms with van der Waals surface area (Å²) in [6.07, 6.45) is 0. The summed E-state index contributed by atoms with van der Waals surface area (Å²) in [6, 6.07) is 5.86. The molecule has 0 amide bonds. The van der Waals surface area contributed by atoms with Crippen molar-refractivity contribution in [3.05, 3.63) is 34.1 Å². The molecule has 1 aromatic heterocycles. The van der Waals surface area contributed by atoms with Gasteiger partial charge in [0.1, 0.15) is 5.75 Å². The summed E-state index contributed by atoms with van der Waals surface area (Å²) in [5.74, 6) is 1.97. The lowest BCUT2D eigenvalue weighted by Crippen LogP contribution is -1.95. The van der Waals surface area contributed by atoms with Gasteiger partial charge in [0, 0.05) is 15.8 Å². The maximum atomic E-state index is 5.40. The smallest absolute Gasteiger partial charge is 0.276 e. The number of rotatable bonds is 5. The molecule has 1 heterocycles. The van der Waals surface area contributed by atoms with E-state index in [4.69, 9.17) is 14.9 Å². The first-order chi connectivity index (χ1) is 8.72. The molecule has 0 atom stereocenters. The molecule has 0 bridgehead atoms. The molecule has 0 aliphatic carbocycles. The molecule has 0 unspecified atom stereocenters. The Morgan fingerprint density at radius 3 is 2.94 bits per heavy atom. The second-order valence-electron chi connectivity index (χ2n) is 3.41. The molecule has 18 heavy (non-hydrogen) atoms. The van der Waals surface area contributed by atoms with Gasteiger partial charge in [0.15, 0.2) is 0 Å². The van der Waals surface area contributed by atoms with Gasteiger partial charge in [-0.15, -0.1) is 10.2 Å². The Kier molecular flexibility index (Phi) is 4.62. The Bertz CT molecular complexity index is 533. The SMILES string of the molecule is COc1ccc(Br)cc1CSc1nnc(CN)o1. The molecule has 2 rings (SSSR count). The fraction of sp³-hybridized carbons (Fsp3) is 0.273. The number of aromatic nitrogens is 2. The van der Waals surface area contributed by atoms with Crippen molar-refractivity contribution in [2.45, 2.75) is 17.5 Å². The lowest BCUT2D eigenvalue weighted by atomic mass is 10.2. The molecule has 0 spiro atoms. The van der Waals surface area contributed by atoms with Crippen molar-refractivity contribution < 1.29 is 9.15 Å². The highest BCUT2D eigenvalue weighted by molar-refractivity contribution is 9.10. The van der Waals surface area contributed by atoms with Crippen LogP contribution in [0, 0.1) is 0 Å². The zero-order chi connectivity index (χ0) is 13.0. The molecule has 1 aromatic carbocycles. The van der Waals surface area contributed by atoms with E-state index in [2.05, 4.69) is 26.1 Å². The van der Waals surface area contributed by atoms with E-state index < -0.39 is 0 Å². The number of nitrogens with zero attached hydrogens (tertiary/aromatic N) is 2. The predicted octanol–water partition coefficient (Wildman–Crippen LogP) is 2.59. The molecule has 0 aliphatic heterocycles. The quantitative estimate of drug-likeness (QED) is 0.850. The van der Waals surface area contributed by atoms with Crippen LogP contribution >= 0.6 is 27.7 Å². The van der Waals surface area contributed by atoms with Crippen molar-refractivity contribution in [3.63, 3.8) is 0 Å². The van der Waals surface area contributed by atoms with E-state index in [-0.39, 0.29) is 6.54 Å². The van der Waals surface area contributed by atoms with Gasteiger partial charge in [-0.3, -0.25) is 0 Å². The molecule has 2 N–H and O–H groups in total. The van der Waals surface area contributed by atoms with Gasteiger partial charge in [-0.1, -0.05) is 27.7 Å². The van der Waals surface area contributed by atoms with Gasteiger partial charge in [-0.2, -0.15) is 0 Å². The van der Waals surface area contributed by atoms with Crippen LogP contribution in [0.2, 0.25) is 0 Å². The standard InChI is InChI=1S/C11H12BrN3O2S/c1-16-9-3-2-8(12)4-7(9)6-18-11-15-14-10(5-13)17-11/h2-4H,5-6,13H2,1H3. The predicted molar refractivity (Wildman–Crippen MR) is 72.4 cm³/mol. The number of hydrogen-bond acceptors (Lipinski definition) is 6. The molecule has 0 aliphatic rings. The maximum Gasteiger partial charge on any atom is 0.276 e. The Hall–Kier alpha value is -1.05. The lowest BCUT2D eigenvalue weighted by molar-refractivity contribution is 0.410. The van der Waals surface area contributed by atoms with Gasteiger partial charge in [0.25, 0.3) is 5.22 Å². The molecule has 0 radical (unpaired) electrons. The summed E-state index contributed by atoms with van der Waals surface area (Å²) >= 11 is 4.89. The third kappa shape index (κ3) is 3.24. The Balaban J connectivity index is 2.07. The molecule has 7 heteroatoms. The largest absolute Gasteiger partial charge is 0.496 e. The minimum atomic E-state index is 0.258. The summed E-state index contributed by atoms with van der Waals surface area (Å²) in [4.78, 5) is 0. The van der Waals surface area contributed by atoms with Crippen molar-refractivity contribution in [1.29, 1.82) is 0 Å². The van der Waals surface area contributed by atoms with Gasteiger partial charge in [0.05, 0.1) is 13.7 Å². The number of methoxy groups -OCH3 is 1. The third-order valence-electron chi connectivity index (χ3n) is 2.22. The zero-order valence-corrected chi connectivity index (χ0v) is 12.1. The minimum Gasteiger partial charge on any atom is -0.496 e.